The molecule has 1 aromatic carbocycles. The molecule has 0 aliphatic carbocycles. The van der Waals surface area contributed by atoms with Crippen LogP contribution in [0.4, 0.5) is 0 Å². The highest BCUT2D eigenvalue weighted by Crippen LogP contribution is 2.22. The predicted octanol–water partition coefficient (Wildman–Crippen LogP) is 1.78. The summed E-state index contributed by atoms with van der Waals surface area (Å²) >= 11 is 0. The molecule has 138 valence electrons. The number of hydrogen-bond acceptors (Lipinski definition) is 3. The molecule has 0 aliphatic heterocycles. The van der Waals surface area contributed by atoms with Crippen LogP contribution in [0.15, 0.2) is 64.4 Å². The number of H-pyrrole nitrogens is 1. The first-order valence-corrected chi connectivity index (χ1v) is 8.64. The van der Waals surface area contributed by atoms with E-state index in [0.717, 1.165) is 17.0 Å². The molecule has 0 atom stereocenters. The van der Waals surface area contributed by atoms with Gasteiger partial charge in [-0.05, 0) is 17.7 Å². The Morgan fingerprint density at radius 1 is 1.07 bits per heavy atom. The maximum atomic E-state index is 13.1. The van der Waals surface area contributed by atoms with Gasteiger partial charge in [0.1, 0.15) is 5.52 Å². The van der Waals surface area contributed by atoms with Gasteiger partial charge >= 0.3 is 5.69 Å². The zero-order valence-electron chi connectivity index (χ0n) is 15.2. The fourth-order valence-corrected chi connectivity index (χ4v) is 3.39. The average Bonchev–Trinajstić information content (AvgIpc) is 3.29. The van der Waals surface area contributed by atoms with Crippen LogP contribution in [0.5, 0.6) is 5.88 Å². The second kappa shape index (κ2) is 6.68. The van der Waals surface area contributed by atoms with E-state index >= 15 is 0 Å². The molecule has 0 saturated heterocycles. The van der Waals surface area contributed by atoms with Crippen LogP contribution in [0, 0.1) is 0 Å². The molecule has 3 heterocycles. The van der Waals surface area contributed by atoms with E-state index in [9.17, 15) is 9.59 Å². The number of imidazole rings is 1. The first-order valence-electron chi connectivity index (χ1n) is 8.64. The Labute approximate surface area is 155 Å². The molecule has 0 amide bonds. The van der Waals surface area contributed by atoms with Crippen LogP contribution in [-0.4, -0.2) is 25.6 Å². The van der Waals surface area contributed by atoms with Crippen LogP contribution >= 0.6 is 0 Å². The van der Waals surface area contributed by atoms with Crippen LogP contribution in [0.2, 0.25) is 0 Å². The number of nitrogens with one attached hydrogen (secondary N) is 1. The van der Waals surface area contributed by atoms with Crippen molar-refractivity contribution in [1.82, 2.24) is 18.5 Å². The van der Waals surface area contributed by atoms with Crippen molar-refractivity contribution in [2.45, 2.75) is 13.0 Å². The summed E-state index contributed by atoms with van der Waals surface area (Å²) in [7, 11) is 3.28. The fourth-order valence-electron chi connectivity index (χ4n) is 3.39. The van der Waals surface area contributed by atoms with E-state index in [1.165, 1.54) is 0 Å². The highest BCUT2D eigenvalue weighted by Gasteiger charge is 2.19. The van der Waals surface area contributed by atoms with Crippen LogP contribution in [-0.2, 0) is 20.0 Å². The summed E-state index contributed by atoms with van der Waals surface area (Å²) in [6, 6.07) is 13.4. The van der Waals surface area contributed by atoms with E-state index in [0.29, 0.717) is 24.4 Å². The first-order chi connectivity index (χ1) is 13.1. The molecule has 0 saturated carbocycles. The lowest BCUT2D eigenvalue weighted by Gasteiger charge is -2.18. The van der Waals surface area contributed by atoms with Gasteiger partial charge in [0.2, 0.25) is 5.88 Å². The lowest BCUT2D eigenvalue weighted by molar-refractivity contribution is 0.361. The molecular formula is C20H20N4O3. The van der Waals surface area contributed by atoms with Crippen molar-refractivity contribution in [3.05, 3.63) is 92.6 Å². The number of aromatic nitrogens is 4. The summed E-state index contributed by atoms with van der Waals surface area (Å²) < 4.78 is 10.7. The van der Waals surface area contributed by atoms with Gasteiger partial charge in [0.25, 0.3) is 5.56 Å². The average molecular weight is 364 g/mol. The van der Waals surface area contributed by atoms with E-state index in [4.69, 9.17) is 4.74 Å². The SMILES string of the molecule is COc1c(Cc2c[nH]c(=O)n2C)n2cccc2c(=O)n1Cc1ccccc1. The Hall–Kier alpha value is -3.48. The molecule has 7 heteroatoms. The second-order valence-corrected chi connectivity index (χ2v) is 6.42. The van der Waals surface area contributed by atoms with Crippen LogP contribution in [0.1, 0.15) is 17.0 Å². The van der Waals surface area contributed by atoms with Gasteiger partial charge in [0.05, 0.1) is 19.3 Å². The molecule has 0 spiro atoms. The van der Waals surface area contributed by atoms with Gasteiger partial charge in [-0.25, -0.2) is 4.79 Å². The molecule has 4 rings (SSSR count). The van der Waals surface area contributed by atoms with E-state index in [1.54, 1.807) is 35.6 Å². The second-order valence-electron chi connectivity index (χ2n) is 6.42. The zero-order valence-corrected chi connectivity index (χ0v) is 15.2. The molecule has 0 aliphatic rings. The standard InChI is InChI=1S/C20H20N4O3/c1-22-15(12-21-20(22)26)11-17-19(27-2)24(13-14-7-4-3-5-8-14)18(25)16-9-6-10-23(16)17/h3-10,12H,11,13H2,1-2H3,(H,21,26). The predicted molar refractivity (Wildman–Crippen MR) is 103 cm³/mol. The van der Waals surface area contributed by atoms with Crippen molar-refractivity contribution < 1.29 is 4.74 Å². The Bertz CT molecular complexity index is 1210. The Balaban J connectivity index is 1.93. The number of hydrogen-bond donors (Lipinski definition) is 1. The van der Waals surface area contributed by atoms with Gasteiger partial charge in [-0.3, -0.25) is 13.9 Å². The van der Waals surface area contributed by atoms with Gasteiger partial charge in [-0.2, -0.15) is 0 Å². The third kappa shape index (κ3) is 2.87. The van der Waals surface area contributed by atoms with Crippen molar-refractivity contribution in [3.8, 4) is 5.88 Å². The maximum Gasteiger partial charge on any atom is 0.325 e. The lowest BCUT2D eigenvalue weighted by atomic mass is 10.2. The van der Waals surface area contributed by atoms with Gasteiger partial charge in [-0.1, -0.05) is 30.3 Å². The number of ether oxygens (including phenoxy) is 1. The Morgan fingerprint density at radius 3 is 2.52 bits per heavy atom. The van der Waals surface area contributed by atoms with Crippen molar-refractivity contribution >= 4 is 5.52 Å². The summed E-state index contributed by atoms with van der Waals surface area (Å²) in [5.41, 5.74) is 2.90. The smallest absolute Gasteiger partial charge is 0.325 e. The van der Waals surface area contributed by atoms with E-state index in [2.05, 4.69) is 4.98 Å². The molecule has 0 unspecified atom stereocenters. The largest absolute Gasteiger partial charge is 0.481 e. The minimum atomic E-state index is -0.176. The molecule has 4 aromatic rings. The van der Waals surface area contributed by atoms with Crippen LogP contribution in [0.25, 0.3) is 5.52 Å². The number of rotatable bonds is 5. The van der Waals surface area contributed by atoms with Gasteiger partial charge in [0, 0.05) is 31.6 Å². The molecular weight excluding hydrogens is 344 g/mol. The summed E-state index contributed by atoms with van der Waals surface area (Å²) in [5.74, 6) is 0.487. The topological polar surface area (TPSA) is 73.4 Å². The molecule has 1 N–H and O–H groups in total. The van der Waals surface area contributed by atoms with E-state index in [1.807, 2.05) is 47.0 Å². The summed E-state index contributed by atoms with van der Waals surface area (Å²) in [4.78, 5) is 27.5. The third-order valence-corrected chi connectivity index (χ3v) is 4.82. The van der Waals surface area contributed by atoms with Crippen molar-refractivity contribution in [2.75, 3.05) is 7.11 Å². The molecule has 0 fully saturated rings. The van der Waals surface area contributed by atoms with E-state index < -0.39 is 0 Å². The number of methoxy groups -OCH3 is 1. The van der Waals surface area contributed by atoms with E-state index in [-0.39, 0.29) is 11.2 Å². The molecule has 27 heavy (non-hydrogen) atoms. The minimum Gasteiger partial charge on any atom is -0.481 e. The van der Waals surface area contributed by atoms with Crippen molar-refractivity contribution in [2.24, 2.45) is 7.05 Å². The molecule has 0 bridgehead atoms. The van der Waals surface area contributed by atoms with Crippen LogP contribution < -0.4 is 16.0 Å². The number of aromatic amines is 1. The number of benzene rings is 1. The first kappa shape index (κ1) is 17.0. The number of fused-ring (bicyclic) bond motifs is 1. The number of nitrogens with zero attached hydrogens (tertiary/aromatic N) is 3. The molecule has 3 aromatic heterocycles. The maximum absolute atomic E-state index is 13.1. The summed E-state index contributed by atoms with van der Waals surface area (Å²) in [6.45, 7) is 0.406. The minimum absolute atomic E-state index is 0.118. The van der Waals surface area contributed by atoms with Gasteiger partial charge in [-0.15, -0.1) is 0 Å². The lowest BCUT2D eigenvalue weighted by Crippen LogP contribution is -2.26. The van der Waals surface area contributed by atoms with Crippen molar-refractivity contribution in [3.63, 3.8) is 0 Å². The fraction of sp³-hybridized carbons (Fsp3) is 0.200. The van der Waals surface area contributed by atoms with Crippen LogP contribution in [0.3, 0.4) is 0 Å². The highest BCUT2D eigenvalue weighted by molar-refractivity contribution is 5.50. The highest BCUT2D eigenvalue weighted by atomic mass is 16.5. The van der Waals surface area contributed by atoms with Gasteiger partial charge < -0.3 is 14.1 Å². The van der Waals surface area contributed by atoms with Crippen molar-refractivity contribution in [1.29, 1.82) is 0 Å². The third-order valence-electron chi connectivity index (χ3n) is 4.82. The monoisotopic (exact) mass is 364 g/mol. The quantitative estimate of drug-likeness (QED) is 0.587. The Kier molecular flexibility index (Phi) is 4.19. The Morgan fingerprint density at radius 2 is 1.85 bits per heavy atom. The summed E-state index contributed by atoms with van der Waals surface area (Å²) in [5, 5.41) is 0. The molecule has 0 radical (unpaired) electrons. The molecule has 7 nitrogen and oxygen atoms in total. The summed E-state index contributed by atoms with van der Waals surface area (Å²) in [6.07, 6.45) is 3.97. The zero-order chi connectivity index (χ0) is 19.0. The van der Waals surface area contributed by atoms with Gasteiger partial charge in [0.15, 0.2) is 0 Å². The normalized spacial score (nSPS) is 11.2.